The van der Waals surface area contributed by atoms with Crippen LogP contribution in [0.5, 0.6) is 0 Å². The molecule has 2 aliphatic rings. The molecule has 1 saturated carbocycles. The topological polar surface area (TPSA) is 91.5 Å². The van der Waals surface area contributed by atoms with Crippen molar-refractivity contribution in [2.75, 3.05) is 43.4 Å². The van der Waals surface area contributed by atoms with E-state index in [2.05, 4.69) is 44.5 Å². The van der Waals surface area contributed by atoms with Crippen molar-refractivity contribution in [1.82, 2.24) is 24.4 Å². The zero-order valence-corrected chi connectivity index (χ0v) is 21.9. The Morgan fingerprint density at radius 3 is 2.45 bits per heavy atom. The molecule has 4 heterocycles. The first-order valence-corrected chi connectivity index (χ1v) is 13.0. The normalized spacial score (nSPS) is 16.7. The number of aromatic nitrogens is 4. The Labute approximate surface area is 220 Å². The number of pyridine rings is 1. The van der Waals surface area contributed by atoms with Crippen molar-refractivity contribution in [3.63, 3.8) is 0 Å². The molecule has 0 unspecified atom stereocenters. The predicted molar refractivity (Wildman–Crippen MR) is 147 cm³/mol. The van der Waals surface area contributed by atoms with Gasteiger partial charge in [0, 0.05) is 49.7 Å². The summed E-state index contributed by atoms with van der Waals surface area (Å²) in [4.78, 5) is 30.0. The first-order valence-electron chi connectivity index (χ1n) is 13.0. The number of fused-ring (bicyclic) bond motifs is 1. The van der Waals surface area contributed by atoms with Crippen LogP contribution in [0.15, 0.2) is 53.8 Å². The van der Waals surface area contributed by atoms with Crippen LogP contribution in [0.25, 0.3) is 16.9 Å². The highest BCUT2D eigenvalue weighted by Gasteiger charge is 2.34. The summed E-state index contributed by atoms with van der Waals surface area (Å²) >= 11 is 0. The average molecular weight is 515 g/mol. The molecular formula is C28H31FN8O. The molecule has 38 heavy (non-hydrogen) atoms. The summed E-state index contributed by atoms with van der Waals surface area (Å²) in [7, 11) is 2.15. The fourth-order valence-electron chi connectivity index (χ4n) is 4.94. The smallest absolute Gasteiger partial charge is 0.229 e. The van der Waals surface area contributed by atoms with Crippen LogP contribution in [0.2, 0.25) is 0 Å². The first-order chi connectivity index (χ1) is 18.3. The van der Waals surface area contributed by atoms with E-state index in [0.29, 0.717) is 34.2 Å². The van der Waals surface area contributed by atoms with E-state index < -0.39 is 5.54 Å². The van der Waals surface area contributed by atoms with E-state index in [-0.39, 0.29) is 11.7 Å². The van der Waals surface area contributed by atoms with Gasteiger partial charge in [-0.15, -0.1) is 4.91 Å². The van der Waals surface area contributed by atoms with Crippen molar-refractivity contribution in [2.24, 2.45) is 5.18 Å². The molecule has 3 aromatic heterocycles. The van der Waals surface area contributed by atoms with Gasteiger partial charge in [-0.2, -0.15) is 4.98 Å². The fraction of sp³-hybridized carbons (Fsp3) is 0.393. The minimum atomic E-state index is -1.00. The summed E-state index contributed by atoms with van der Waals surface area (Å²) in [6.07, 6.45) is 3.35. The lowest BCUT2D eigenvalue weighted by Gasteiger charge is -2.34. The number of benzene rings is 1. The van der Waals surface area contributed by atoms with E-state index in [1.807, 2.05) is 18.2 Å². The molecular weight excluding hydrogens is 483 g/mol. The summed E-state index contributed by atoms with van der Waals surface area (Å²) in [5.74, 6) is 0.670. The summed E-state index contributed by atoms with van der Waals surface area (Å²) < 4.78 is 17.4. The molecule has 0 bridgehead atoms. The average Bonchev–Trinajstić information content (AvgIpc) is 3.73. The number of nitrogens with zero attached hydrogens (tertiary/aromatic N) is 7. The quantitative estimate of drug-likeness (QED) is 0.333. The van der Waals surface area contributed by atoms with E-state index in [9.17, 15) is 4.91 Å². The van der Waals surface area contributed by atoms with Gasteiger partial charge in [-0.1, -0.05) is 11.2 Å². The summed E-state index contributed by atoms with van der Waals surface area (Å²) in [5, 5.41) is 6.85. The molecule has 1 N–H and O–H groups in total. The summed E-state index contributed by atoms with van der Waals surface area (Å²) in [6, 6.07) is 13.6. The van der Waals surface area contributed by atoms with E-state index in [4.69, 9.17) is 9.97 Å². The highest BCUT2D eigenvalue weighted by molar-refractivity contribution is 5.81. The number of piperazine rings is 1. The van der Waals surface area contributed by atoms with Crippen LogP contribution in [0.1, 0.15) is 44.0 Å². The molecule has 1 aliphatic carbocycles. The fourth-order valence-corrected chi connectivity index (χ4v) is 4.94. The number of nitroso groups, excluding NO2 is 1. The van der Waals surface area contributed by atoms with Crippen LogP contribution in [-0.4, -0.2) is 57.6 Å². The Balaban J connectivity index is 1.35. The maximum Gasteiger partial charge on any atom is 0.229 e. The van der Waals surface area contributed by atoms with Crippen molar-refractivity contribution in [2.45, 2.75) is 38.1 Å². The van der Waals surface area contributed by atoms with Crippen molar-refractivity contribution in [3.05, 3.63) is 70.8 Å². The molecule has 0 atom stereocenters. The van der Waals surface area contributed by atoms with Crippen LogP contribution in [0.4, 0.5) is 21.7 Å². The van der Waals surface area contributed by atoms with Crippen molar-refractivity contribution in [3.8, 4) is 5.82 Å². The Morgan fingerprint density at radius 1 is 1.03 bits per heavy atom. The maximum atomic E-state index is 15.6. The monoisotopic (exact) mass is 514 g/mol. The highest BCUT2D eigenvalue weighted by atomic mass is 19.1. The predicted octanol–water partition coefficient (Wildman–Crippen LogP) is 5.33. The van der Waals surface area contributed by atoms with Crippen LogP contribution in [0.3, 0.4) is 0 Å². The number of rotatable bonds is 7. The SMILES string of the molecule is CN1CCN(c2ccc(Nc3ncc4c(F)c(C5CC5)n(-c5cccc(C(C)(C)N=O)n5)c4n3)cc2)CC1. The largest absolute Gasteiger partial charge is 0.369 e. The minimum Gasteiger partial charge on any atom is -0.369 e. The molecule has 0 amide bonds. The molecule has 0 spiro atoms. The number of anilines is 3. The number of hydrogen-bond donors (Lipinski definition) is 1. The number of nitrogens with one attached hydrogen (secondary N) is 1. The Hall–Kier alpha value is -3.92. The zero-order valence-electron chi connectivity index (χ0n) is 21.9. The Bertz CT molecular complexity index is 1490. The maximum absolute atomic E-state index is 15.6. The van der Waals surface area contributed by atoms with Gasteiger partial charge in [-0.3, -0.25) is 4.57 Å². The molecule has 9 nitrogen and oxygen atoms in total. The van der Waals surface area contributed by atoms with Crippen LogP contribution in [0, 0.1) is 10.7 Å². The van der Waals surface area contributed by atoms with Crippen molar-refractivity contribution < 1.29 is 4.39 Å². The minimum absolute atomic E-state index is 0.102. The van der Waals surface area contributed by atoms with Gasteiger partial charge < -0.3 is 15.1 Å². The number of halogens is 1. The third kappa shape index (κ3) is 4.49. The molecule has 1 saturated heterocycles. The van der Waals surface area contributed by atoms with E-state index in [1.54, 1.807) is 30.5 Å². The van der Waals surface area contributed by atoms with E-state index in [0.717, 1.165) is 44.7 Å². The van der Waals surface area contributed by atoms with Gasteiger partial charge in [0.25, 0.3) is 0 Å². The van der Waals surface area contributed by atoms with Gasteiger partial charge in [0.1, 0.15) is 11.4 Å². The summed E-state index contributed by atoms with van der Waals surface area (Å²) in [5.41, 5.74) is 2.55. The number of hydrogen-bond acceptors (Lipinski definition) is 8. The molecule has 4 aromatic rings. The summed E-state index contributed by atoms with van der Waals surface area (Å²) in [6.45, 7) is 7.53. The molecule has 6 rings (SSSR count). The molecule has 1 aliphatic heterocycles. The number of likely N-dealkylation sites (N-methyl/N-ethyl adjacent to an activating group) is 1. The molecule has 1 aromatic carbocycles. The van der Waals surface area contributed by atoms with Gasteiger partial charge in [-0.05, 0) is 70.1 Å². The van der Waals surface area contributed by atoms with Crippen molar-refractivity contribution in [1.29, 1.82) is 0 Å². The molecule has 10 heteroatoms. The third-order valence-electron chi connectivity index (χ3n) is 7.46. The van der Waals surface area contributed by atoms with Crippen molar-refractivity contribution >= 4 is 28.4 Å². The van der Waals surface area contributed by atoms with E-state index in [1.165, 1.54) is 11.9 Å². The second-order valence-electron chi connectivity index (χ2n) is 10.7. The standard InChI is InChI=1S/C28H31FN8O/c1-28(2,34-38)22-5-4-6-23(32-22)37-25(18-7-8-18)24(29)21-17-30-27(33-26(21)37)31-19-9-11-20(12-10-19)36-15-13-35(3)14-16-36/h4-6,9-12,17-18H,7-8,13-16H2,1-3H3,(H,30,31,33). The zero-order chi connectivity index (χ0) is 26.4. The lowest BCUT2D eigenvalue weighted by molar-refractivity contribution is 0.313. The second kappa shape index (κ2) is 9.43. The van der Waals surface area contributed by atoms with Gasteiger partial charge in [0.15, 0.2) is 11.5 Å². The van der Waals surface area contributed by atoms with Gasteiger partial charge in [0.2, 0.25) is 5.95 Å². The lowest BCUT2D eigenvalue weighted by Crippen LogP contribution is -2.44. The molecule has 0 radical (unpaired) electrons. The van der Waals surface area contributed by atoms with Gasteiger partial charge in [-0.25, -0.2) is 14.4 Å². The van der Waals surface area contributed by atoms with E-state index >= 15 is 4.39 Å². The van der Waals surface area contributed by atoms with Gasteiger partial charge >= 0.3 is 0 Å². The van der Waals surface area contributed by atoms with Gasteiger partial charge in [0.05, 0.1) is 16.8 Å². The third-order valence-corrected chi connectivity index (χ3v) is 7.46. The Kier molecular flexibility index (Phi) is 6.06. The first kappa shape index (κ1) is 24.4. The lowest BCUT2D eigenvalue weighted by atomic mass is 10.0. The molecule has 2 fully saturated rings. The Morgan fingerprint density at radius 2 is 1.76 bits per heavy atom. The van der Waals surface area contributed by atoms with Crippen LogP contribution < -0.4 is 10.2 Å². The highest BCUT2D eigenvalue weighted by Crippen LogP contribution is 2.45. The van der Waals surface area contributed by atoms with Crippen LogP contribution in [-0.2, 0) is 5.54 Å². The second-order valence-corrected chi connectivity index (χ2v) is 10.7. The molecule has 196 valence electrons. The van der Waals surface area contributed by atoms with Crippen LogP contribution >= 0.6 is 0 Å².